The summed E-state index contributed by atoms with van der Waals surface area (Å²) in [6, 6.07) is 0. The number of hydrogen-bond acceptors (Lipinski definition) is 2. The molecule has 1 aliphatic heterocycles. The smallest absolute Gasteiger partial charge is 0.700 e. The Morgan fingerprint density at radius 3 is 2.47 bits per heavy atom. The van der Waals surface area contributed by atoms with Gasteiger partial charge in [-0.3, -0.25) is 4.90 Å². The Morgan fingerprint density at radius 1 is 1.47 bits per heavy atom. The molecule has 5 heteroatoms. The van der Waals surface area contributed by atoms with Gasteiger partial charge in [0.25, 0.3) is 0 Å². The summed E-state index contributed by atoms with van der Waals surface area (Å²) < 4.78 is 25.7. The topological polar surface area (TPSA) is 3.24 Å². The third kappa shape index (κ3) is 4.67. The molecule has 0 N–H and O–H groups in total. The molecule has 0 aliphatic carbocycles. The molecule has 0 aromatic carbocycles. The zero-order chi connectivity index (χ0) is 10.8. The van der Waals surface area contributed by atoms with Crippen LogP contribution in [0, 0.1) is 11.8 Å². The number of hydrogen-bond donors (Lipinski definition) is 0. The molecule has 1 saturated heterocycles. The fraction of sp³-hybridized carbons (Fsp3) is 1.00. The molecule has 1 aliphatic rings. The Kier molecular flexibility index (Phi) is 6.87. The van der Waals surface area contributed by atoms with Gasteiger partial charge in [-0.2, -0.15) is 0 Å². The van der Waals surface area contributed by atoms with Gasteiger partial charge in [0.1, 0.15) is 0 Å². The van der Waals surface area contributed by atoms with Crippen LogP contribution in [0.25, 0.3) is 0 Å². The van der Waals surface area contributed by atoms with Crippen LogP contribution >= 0.6 is 0 Å². The van der Waals surface area contributed by atoms with Crippen molar-refractivity contribution in [1.82, 2.24) is 4.90 Å². The minimum Gasteiger partial charge on any atom is -0.700 e. The first-order valence-electron chi connectivity index (χ1n) is 5.28. The fourth-order valence-corrected chi connectivity index (χ4v) is 2.40. The second-order valence-electron chi connectivity index (χ2n) is 4.25. The third-order valence-corrected chi connectivity index (χ3v) is 3.37. The van der Waals surface area contributed by atoms with Crippen LogP contribution < -0.4 is 0 Å². The van der Waals surface area contributed by atoms with Crippen LogP contribution in [0.2, 0.25) is 0 Å². The average molecular weight is 413 g/mol. The first-order chi connectivity index (χ1) is 6.45. The summed E-state index contributed by atoms with van der Waals surface area (Å²) in [5, 5.41) is -3.05. The van der Waals surface area contributed by atoms with Crippen LogP contribution in [0.1, 0.15) is 33.1 Å². The van der Waals surface area contributed by atoms with Crippen LogP contribution in [0.4, 0.5) is 8.78 Å². The maximum atomic E-state index is 12.8. The zero-order valence-corrected chi connectivity index (χ0v) is 12.5. The van der Waals surface area contributed by atoms with Crippen LogP contribution in [-0.4, -0.2) is 23.4 Å². The van der Waals surface area contributed by atoms with Gasteiger partial charge in [-0.15, -0.1) is 0 Å². The van der Waals surface area contributed by atoms with Gasteiger partial charge in [0.15, 0.2) is 5.38 Å². The zero-order valence-electron chi connectivity index (χ0n) is 9.16. The van der Waals surface area contributed by atoms with E-state index in [-0.39, 0.29) is 19.8 Å². The fourth-order valence-electron chi connectivity index (χ4n) is 2.23. The van der Waals surface area contributed by atoms with Crippen LogP contribution in [-0.2, 0) is 32.4 Å². The molecule has 1 nitrogen and oxygen atoms in total. The molecule has 0 aromatic rings. The van der Waals surface area contributed by atoms with Gasteiger partial charge in [0, 0.05) is 13.1 Å². The van der Waals surface area contributed by atoms with Crippen molar-refractivity contribution in [2.75, 3.05) is 13.1 Å². The Hall–Kier alpha value is 0.806. The predicted molar refractivity (Wildman–Crippen MR) is 56.1 cm³/mol. The van der Waals surface area contributed by atoms with E-state index in [0.717, 1.165) is 24.2 Å². The van der Waals surface area contributed by atoms with Crippen molar-refractivity contribution in [3.05, 3.63) is 0 Å². The van der Waals surface area contributed by atoms with Gasteiger partial charge in [0.05, 0.1) is 0 Å². The summed E-state index contributed by atoms with van der Waals surface area (Å²) in [7, 11) is 0. The Morgan fingerprint density at radius 2 is 2.07 bits per heavy atom. The molecule has 1 heterocycles. The normalized spacial score (nSPS) is 28.6. The van der Waals surface area contributed by atoms with E-state index in [1.807, 2.05) is 6.92 Å². The van der Waals surface area contributed by atoms with Crippen molar-refractivity contribution in [3.8, 4) is 0 Å². The quantitative estimate of drug-likeness (QED) is 0.518. The van der Waals surface area contributed by atoms with Gasteiger partial charge in [-0.25, -0.2) is 8.78 Å². The molecule has 0 saturated carbocycles. The number of rotatable bonds is 3. The maximum Gasteiger partial charge on any atom is 1.00 e. The average Bonchev–Trinajstić information content (AvgIpc) is 2.07. The van der Waals surface area contributed by atoms with Gasteiger partial charge in [-0.1, -0.05) is 26.7 Å². The van der Waals surface area contributed by atoms with E-state index >= 15 is 0 Å². The summed E-state index contributed by atoms with van der Waals surface area (Å²) in [6.07, 6.45) is 3.15. The molecule has 2 unspecified atom stereocenters. The molecule has 0 aromatic heterocycles. The van der Waals surface area contributed by atoms with E-state index in [4.69, 9.17) is 0 Å². The second kappa shape index (κ2) is 6.52. The maximum absolute atomic E-state index is 12.8. The largest absolute Gasteiger partial charge is 1.00 e. The van der Waals surface area contributed by atoms with Crippen LogP contribution in [0.5, 0.6) is 0 Å². The number of alkyl halides is 2. The molecule has 91 valence electrons. The first-order valence-corrected chi connectivity index (χ1v) is 5.69. The summed E-state index contributed by atoms with van der Waals surface area (Å²) in [4.78, 5) is 1.12. The van der Waals surface area contributed by atoms with Crippen LogP contribution in [0.15, 0.2) is 0 Å². The van der Waals surface area contributed by atoms with E-state index < -0.39 is 5.38 Å². The van der Waals surface area contributed by atoms with E-state index in [1.54, 1.807) is 0 Å². The van der Waals surface area contributed by atoms with Crippen molar-refractivity contribution >= 4 is 12.6 Å². The van der Waals surface area contributed by atoms with E-state index in [1.165, 1.54) is 0 Å². The number of likely N-dealkylation sites (tertiary alicyclic amines) is 1. The van der Waals surface area contributed by atoms with Crippen molar-refractivity contribution in [2.24, 2.45) is 11.8 Å². The number of piperidine rings is 1. The van der Waals surface area contributed by atoms with Crippen molar-refractivity contribution < 1.29 is 28.6 Å². The third-order valence-electron chi connectivity index (χ3n) is 3.11. The van der Waals surface area contributed by atoms with Gasteiger partial charge in [0.2, 0.25) is 0 Å². The van der Waals surface area contributed by atoms with Gasteiger partial charge >= 0.3 is 19.8 Å². The monoisotopic (exact) mass is 414 g/mol. The van der Waals surface area contributed by atoms with Gasteiger partial charge < -0.3 is 12.6 Å². The molecule has 1 rings (SSSR count). The van der Waals surface area contributed by atoms with E-state index in [2.05, 4.69) is 19.6 Å². The molecule has 0 bridgehead atoms. The number of halogens is 2. The van der Waals surface area contributed by atoms with E-state index in [0.29, 0.717) is 24.9 Å². The predicted octanol–water partition coefficient (Wildman–Crippen LogP) is 2.84. The van der Waals surface area contributed by atoms with Gasteiger partial charge in [-0.05, 0) is 18.3 Å². The Balaban J connectivity index is 0.00000196. The minimum absolute atomic E-state index is 0. The second-order valence-corrected chi connectivity index (χ2v) is 4.74. The first kappa shape index (κ1) is 15.8. The molecule has 1 radical (unpaired) electrons. The van der Waals surface area contributed by atoms with E-state index in [9.17, 15) is 8.78 Å². The minimum atomic E-state index is -3.05. The SMILES string of the molecule is CCCC1CCN(C(F)(F)[S-])CC1C.[Os+]. The Labute approximate surface area is 109 Å². The molecular weight excluding hydrogens is 394 g/mol. The summed E-state index contributed by atoms with van der Waals surface area (Å²) in [5.41, 5.74) is 0. The van der Waals surface area contributed by atoms with Crippen molar-refractivity contribution in [2.45, 2.75) is 38.5 Å². The molecule has 15 heavy (non-hydrogen) atoms. The molecular formula is C10H18F2NOsS. The summed E-state index contributed by atoms with van der Waals surface area (Å²) in [6.45, 7) is 5.08. The summed E-state index contributed by atoms with van der Waals surface area (Å²) in [5.74, 6) is 0.950. The molecule has 1 fully saturated rings. The van der Waals surface area contributed by atoms with Crippen molar-refractivity contribution in [1.29, 1.82) is 0 Å². The Bertz CT molecular complexity index is 187. The summed E-state index contributed by atoms with van der Waals surface area (Å²) >= 11 is 4.15. The number of nitrogens with zero attached hydrogens (tertiary/aromatic N) is 1. The van der Waals surface area contributed by atoms with Crippen LogP contribution in [0.3, 0.4) is 0 Å². The molecule has 0 spiro atoms. The van der Waals surface area contributed by atoms with Crippen molar-refractivity contribution in [3.63, 3.8) is 0 Å². The molecule has 2 atom stereocenters. The standard InChI is InChI=1S/C10H19F2NS.Os/c1-3-4-9-5-6-13(7-8(9)2)10(11,12)14;/h8-9,14H,3-7H2,1-2H3;/q;+1/p-1. The molecule has 0 amide bonds.